The number of aryl methyl sites for hydroxylation is 2. The monoisotopic (exact) mass is 354 g/mol. The largest absolute Gasteiger partial charge is 0.519 e. The minimum Gasteiger partial charge on any atom is -0.469 e. The van der Waals surface area contributed by atoms with Gasteiger partial charge in [-0.2, -0.15) is 0 Å². The molecule has 0 fully saturated rings. The number of carbonyl (C=O) groups is 1. The molecule has 0 atom stereocenters. The Morgan fingerprint density at radius 3 is 1.80 bits per heavy atom. The second kappa shape index (κ2) is 13.7. The fourth-order valence-corrected chi connectivity index (χ4v) is 2.97. The third-order valence-electron chi connectivity index (χ3n) is 4.49. The number of ether oxygens (including phenoxy) is 1. The number of rotatable bonds is 15. The summed E-state index contributed by atoms with van der Waals surface area (Å²) in [7, 11) is 1.42. The summed E-state index contributed by atoms with van der Waals surface area (Å²) in [5.74, 6) is 0.757. The van der Waals surface area contributed by atoms with Gasteiger partial charge in [-0.3, -0.25) is 4.79 Å². The van der Waals surface area contributed by atoms with Gasteiger partial charge in [-0.15, -0.1) is 0 Å². The molecule has 0 aliphatic heterocycles. The van der Waals surface area contributed by atoms with Gasteiger partial charge < -0.3 is 13.6 Å². The van der Waals surface area contributed by atoms with Crippen LogP contribution in [0.3, 0.4) is 0 Å². The summed E-state index contributed by atoms with van der Waals surface area (Å²) in [6.07, 6.45) is 14.4. The van der Waals surface area contributed by atoms with Crippen LogP contribution in [-0.4, -0.2) is 13.1 Å². The van der Waals surface area contributed by atoms with Crippen molar-refractivity contribution in [3.8, 4) is 0 Å². The molecule has 0 aliphatic rings. The predicted octanol–water partition coefficient (Wildman–Crippen LogP) is 5.19. The molecule has 0 aromatic carbocycles. The van der Waals surface area contributed by atoms with Crippen LogP contribution < -0.4 is 5.82 Å². The highest BCUT2D eigenvalue weighted by atomic mass is 16.6. The summed E-state index contributed by atoms with van der Waals surface area (Å²) in [6.45, 7) is 2.21. The van der Waals surface area contributed by atoms with E-state index in [-0.39, 0.29) is 5.97 Å². The Morgan fingerprint density at radius 1 is 0.800 bits per heavy atom. The normalized spacial score (nSPS) is 11.0. The van der Waals surface area contributed by atoms with E-state index < -0.39 is 5.82 Å². The summed E-state index contributed by atoms with van der Waals surface area (Å²) in [4.78, 5) is 22.4. The van der Waals surface area contributed by atoms with Crippen LogP contribution in [0.1, 0.15) is 95.5 Å². The Labute approximate surface area is 151 Å². The molecule has 0 saturated heterocycles. The molecule has 1 aromatic heterocycles. The Bertz CT molecular complexity index is 514. The Balaban J connectivity index is 2.16. The molecule has 0 amide bonds. The molecular formula is C20H34O5. The van der Waals surface area contributed by atoms with Crippen LogP contribution in [-0.2, 0) is 22.4 Å². The van der Waals surface area contributed by atoms with Crippen molar-refractivity contribution in [1.82, 2.24) is 0 Å². The molecule has 0 aliphatic carbocycles. The maximum atomic E-state index is 11.4. The van der Waals surface area contributed by atoms with E-state index in [1.54, 1.807) is 0 Å². The van der Waals surface area contributed by atoms with Crippen molar-refractivity contribution in [2.75, 3.05) is 7.11 Å². The van der Waals surface area contributed by atoms with Crippen LogP contribution in [0.4, 0.5) is 0 Å². The van der Waals surface area contributed by atoms with E-state index in [9.17, 15) is 9.59 Å². The average Bonchev–Trinajstić information content (AvgIpc) is 2.96. The zero-order valence-electron chi connectivity index (χ0n) is 15.9. The Hall–Kier alpha value is -1.52. The molecule has 1 rings (SSSR count). The highest BCUT2D eigenvalue weighted by molar-refractivity contribution is 5.68. The third kappa shape index (κ3) is 10.1. The topological polar surface area (TPSA) is 69.7 Å². The van der Waals surface area contributed by atoms with Crippen molar-refractivity contribution in [3.05, 3.63) is 22.1 Å². The second-order valence-corrected chi connectivity index (χ2v) is 6.66. The molecule has 25 heavy (non-hydrogen) atoms. The van der Waals surface area contributed by atoms with E-state index in [0.29, 0.717) is 6.42 Å². The van der Waals surface area contributed by atoms with Crippen LogP contribution in [0.15, 0.2) is 13.6 Å². The molecule has 5 heteroatoms. The summed E-state index contributed by atoms with van der Waals surface area (Å²) < 4.78 is 15.0. The molecule has 0 N–H and O–H groups in total. The average molecular weight is 354 g/mol. The molecule has 144 valence electrons. The van der Waals surface area contributed by atoms with Gasteiger partial charge in [-0.1, -0.05) is 58.3 Å². The van der Waals surface area contributed by atoms with E-state index in [4.69, 9.17) is 8.83 Å². The van der Waals surface area contributed by atoms with E-state index in [0.717, 1.165) is 62.9 Å². The number of hydrogen-bond donors (Lipinski definition) is 0. The van der Waals surface area contributed by atoms with Gasteiger partial charge in [0.2, 0.25) is 0 Å². The lowest BCUT2D eigenvalue weighted by Crippen LogP contribution is -1.99. The maximum absolute atomic E-state index is 11.4. The van der Waals surface area contributed by atoms with Gasteiger partial charge in [-0.05, 0) is 19.3 Å². The molecule has 0 spiro atoms. The first-order chi connectivity index (χ1) is 12.2. The molecular weight excluding hydrogens is 320 g/mol. The lowest BCUT2D eigenvalue weighted by Gasteiger charge is -2.02. The van der Waals surface area contributed by atoms with Gasteiger partial charge in [0.25, 0.3) is 0 Å². The fraction of sp³-hybridized carbons (Fsp3) is 0.800. The van der Waals surface area contributed by atoms with Crippen molar-refractivity contribution < 1.29 is 18.4 Å². The van der Waals surface area contributed by atoms with Crippen molar-refractivity contribution >= 4 is 5.97 Å². The quantitative estimate of drug-likeness (QED) is 0.320. The summed E-state index contributed by atoms with van der Waals surface area (Å²) in [6, 6.07) is 0. The fourth-order valence-electron chi connectivity index (χ4n) is 2.97. The van der Waals surface area contributed by atoms with Gasteiger partial charge in [0, 0.05) is 19.3 Å². The zero-order chi connectivity index (χ0) is 18.3. The van der Waals surface area contributed by atoms with Crippen LogP contribution in [0, 0.1) is 0 Å². The molecule has 1 heterocycles. The molecule has 0 radical (unpaired) electrons. The van der Waals surface area contributed by atoms with Crippen molar-refractivity contribution in [1.29, 1.82) is 0 Å². The standard InChI is InChI=1S/C20H34O5/c1-3-4-5-6-8-11-14-17-18(25-20(22)24-17)15-12-9-7-10-13-16-19(21)23-2/h3-16H2,1-2H3. The van der Waals surface area contributed by atoms with Crippen LogP contribution >= 0.6 is 0 Å². The molecule has 5 nitrogen and oxygen atoms in total. The van der Waals surface area contributed by atoms with Crippen molar-refractivity contribution in [3.63, 3.8) is 0 Å². The van der Waals surface area contributed by atoms with E-state index in [1.807, 2.05) is 0 Å². The molecule has 0 bridgehead atoms. The number of methoxy groups -OCH3 is 1. The van der Waals surface area contributed by atoms with Crippen LogP contribution in [0.25, 0.3) is 0 Å². The Morgan fingerprint density at radius 2 is 1.28 bits per heavy atom. The highest BCUT2D eigenvalue weighted by Gasteiger charge is 2.12. The van der Waals surface area contributed by atoms with Crippen molar-refractivity contribution in [2.24, 2.45) is 0 Å². The number of carbonyl (C=O) groups excluding carboxylic acids is 1. The minimum absolute atomic E-state index is 0.139. The summed E-state index contributed by atoms with van der Waals surface area (Å²) in [5.41, 5.74) is 0. The second-order valence-electron chi connectivity index (χ2n) is 6.66. The number of esters is 1. The number of hydrogen-bond acceptors (Lipinski definition) is 5. The van der Waals surface area contributed by atoms with E-state index >= 15 is 0 Å². The predicted molar refractivity (Wildman–Crippen MR) is 97.7 cm³/mol. The van der Waals surface area contributed by atoms with Crippen LogP contribution in [0.2, 0.25) is 0 Å². The first-order valence-electron chi connectivity index (χ1n) is 9.85. The first kappa shape index (κ1) is 21.5. The van der Waals surface area contributed by atoms with Gasteiger partial charge in [0.15, 0.2) is 0 Å². The Kier molecular flexibility index (Phi) is 11.8. The smallest absolute Gasteiger partial charge is 0.469 e. The third-order valence-corrected chi connectivity index (χ3v) is 4.49. The summed E-state index contributed by atoms with van der Waals surface area (Å²) in [5, 5.41) is 0. The van der Waals surface area contributed by atoms with E-state index in [2.05, 4.69) is 11.7 Å². The first-order valence-corrected chi connectivity index (χ1v) is 9.85. The summed E-state index contributed by atoms with van der Waals surface area (Å²) >= 11 is 0. The minimum atomic E-state index is -0.575. The van der Waals surface area contributed by atoms with Gasteiger partial charge in [0.1, 0.15) is 11.5 Å². The zero-order valence-corrected chi connectivity index (χ0v) is 15.9. The maximum Gasteiger partial charge on any atom is 0.519 e. The SMILES string of the molecule is CCCCCCCCc1oc(=O)oc1CCCCCCCC(=O)OC. The van der Waals surface area contributed by atoms with Crippen LogP contribution in [0.5, 0.6) is 0 Å². The van der Waals surface area contributed by atoms with Crippen molar-refractivity contribution in [2.45, 2.75) is 96.8 Å². The van der Waals surface area contributed by atoms with E-state index in [1.165, 1.54) is 39.2 Å². The van der Waals surface area contributed by atoms with Gasteiger partial charge in [0.05, 0.1) is 7.11 Å². The highest BCUT2D eigenvalue weighted by Crippen LogP contribution is 2.16. The molecule has 1 aromatic rings. The number of unbranched alkanes of at least 4 members (excludes halogenated alkanes) is 9. The molecule has 0 saturated carbocycles. The van der Waals surface area contributed by atoms with Gasteiger partial charge in [-0.25, -0.2) is 4.79 Å². The molecule has 0 unspecified atom stereocenters. The van der Waals surface area contributed by atoms with Gasteiger partial charge >= 0.3 is 11.8 Å². The lowest BCUT2D eigenvalue weighted by molar-refractivity contribution is -0.140. The lowest BCUT2D eigenvalue weighted by atomic mass is 10.1.